The van der Waals surface area contributed by atoms with Crippen molar-refractivity contribution in [1.82, 2.24) is 4.90 Å². The number of aromatic hydroxyl groups is 1. The van der Waals surface area contributed by atoms with Gasteiger partial charge in [0.25, 0.3) is 0 Å². The average molecular weight is 249 g/mol. The molecule has 0 aromatic heterocycles. The van der Waals surface area contributed by atoms with Crippen LogP contribution in [0.3, 0.4) is 0 Å². The minimum Gasteiger partial charge on any atom is -0.508 e. The third-order valence-electron chi connectivity index (χ3n) is 3.77. The van der Waals surface area contributed by atoms with E-state index in [0.29, 0.717) is 5.75 Å². The first kappa shape index (κ1) is 13.4. The summed E-state index contributed by atoms with van der Waals surface area (Å²) in [6, 6.07) is 7.91. The van der Waals surface area contributed by atoms with Crippen LogP contribution in [0.1, 0.15) is 38.8 Å². The molecule has 1 fully saturated rings. The van der Waals surface area contributed by atoms with Gasteiger partial charge in [-0.15, -0.1) is 0 Å². The number of ether oxygens (including phenoxy) is 1. The maximum Gasteiger partial charge on any atom is 0.120 e. The number of hydrogen-bond acceptors (Lipinski definition) is 3. The van der Waals surface area contributed by atoms with Crippen molar-refractivity contribution in [2.45, 2.75) is 38.8 Å². The largest absolute Gasteiger partial charge is 0.508 e. The molecule has 100 valence electrons. The lowest BCUT2D eigenvalue weighted by molar-refractivity contribution is -0.0739. The van der Waals surface area contributed by atoms with E-state index in [1.807, 2.05) is 18.2 Å². The molecule has 3 nitrogen and oxygen atoms in total. The third-order valence-corrected chi connectivity index (χ3v) is 3.77. The van der Waals surface area contributed by atoms with Crippen molar-refractivity contribution in [1.29, 1.82) is 0 Å². The van der Waals surface area contributed by atoms with Crippen LogP contribution in [-0.4, -0.2) is 35.3 Å². The molecule has 0 bridgehead atoms. The molecule has 0 saturated carbocycles. The first-order valence-corrected chi connectivity index (χ1v) is 6.68. The molecule has 1 aromatic rings. The Morgan fingerprint density at radius 1 is 1.39 bits per heavy atom. The molecule has 1 saturated heterocycles. The minimum absolute atomic E-state index is 0.0151. The number of hydrogen-bond donors (Lipinski definition) is 1. The molecule has 1 heterocycles. The Kier molecular flexibility index (Phi) is 3.93. The quantitative estimate of drug-likeness (QED) is 0.894. The fourth-order valence-electron chi connectivity index (χ4n) is 2.83. The Labute approximate surface area is 109 Å². The molecule has 2 rings (SSSR count). The summed E-state index contributed by atoms with van der Waals surface area (Å²) in [5, 5.41) is 10.1. The average Bonchev–Trinajstić information content (AvgIpc) is 2.34. The highest BCUT2D eigenvalue weighted by Crippen LogP contribution is 2.36. The van der Waals surface area contributed by atoms with E-state index >= 15 is 0 Å². The summed E-state index contributed by atoms with van der Waals surface area (Å²) in [7, 11) is 0. The zero-order valence-corrected chi connectivity index (χ0v) is 11.5. The molecule has 1 aliphatic heterocycles. The molecular formula is C15H23NO2. The number of phenolic OH excluding ortho intramolecular Hbond substituents is 1. The van der Waals surface area contributed by atoms with E-state index in [4.69, 9.17) is 4.74 Å². The topological polar surface area (TPSA) is 32.7 Å². The van der Waals surface area contributed by atoms with Crippen molar-refractivity contribution in [3.05, 3.63) is 29.8 Å². The Hall–Kier alpha value is -1.06. The Morgan fingerprint density at radius 3 is 2.72 bits per heavy atom. The highest BCUT2D eigenvalue weighted by molar-refractivity contribution is 5.34. The molecule has 0 radical (unpaired) electrons. The van der Waals surface area contributed by atoms with E-state index in [1.165, 1.54) is 0 Å². The van der Waals surface area contributed by atoms with Crippen LogP contribution in [0, 0.1) is 0 Å². The highest BCUT2D eigenvalue weighted by atomic mass is 16.5. The smallest absolute Gasteiger partial charge is 0.120 e. The lowest BCUT2D eigenvalue weighted by Gasteiger charge is -2.46. The van der Waals surface area contributed by atoms with Crippen LogP contribution in [0.4, 0.5) is 0 Å². The van der Waals surface area contributed by atoms with Gasteiger partial charge in [-0.25, -0.2) is 0 Å². The predicted molar refractivity (Wildman–Crippen MR) is 72.7 cm³/mol. The molecule has 3 heteroatoms. The maximum atomic E-state index is 10.1. The van der Waals surface area contributed by atoms with Gasteiger partial charge in [0, 0.05) is 23.7 Å². The van der Waals surface area contributed by atoms with Gasteiger partial charge in [-0.2, -0.15) is 0 Å². The number of phenols is 1. The molecule has 18 heavy (non-hydrogen) atoms. The number of para-hydroxylation sites is 1. The van der Waals surface area contributed by atoms with Crippen LogP contribution < -0.4 is 0 Å². The minimum atomic E-state index is 0.0151. The van der Waals surface area contributed by atoms with Gasteiger partial charge >= 0.3 is 0 Å². The van der Waals surface area contributed by atoms with Crippen molar-refractivity contribution in [2.24, 2.45) is 0 Å². The van der Waals surface area contributed by atoms with E-state index < -0.39 is 0 Å². The molecule has 1 atom stereocenters. The van der Waals surface area contributed by atoms with Gasteiger partial charge in [-0.3, -0.25) is 4.90 Å². The summed E-state index contributed by atoms with van der Waals surface area (Å²) in [6.07, 6.45) is 0.987. The van der Waals surface area contributed by atoms with E-state index in [1.54, 1.807) is 6.07 Å². The second kappa shape index (κ2) is 5.29. The van der Waals surface area contributed by atoms with Gasteiger partial charge in [0.15, 0.2) is 0 Å². The van der Waals surface area contributed by atoms with Gasteiger partial charge < -0.3 is 9.84 Å². The first-order valence-electron chi connectivity index (χ1n) is 6.68. The number of rotatable bonds is 3. The first-order chi connectivity index (χ1) is 8.56. The fourth-order valence-corrected chi connectivity index (χ4v) is 2.83. The lowest BCUT2D eigenvalue weighted by atomic mass is 9.94. The molecule has 1 unspecified atom stereocenters. The fraction of sp³-hybridized carbons (Fsp3) is 0.600. The number of morpholine rings is 1. The summed E-state index contributed by atoms with van der Waals surface area (Å²) >= 11 is 0. The van der Waals surface area contributed by atoms with Crippen LogP contribution in [0.5, 0.6) is 5.75 Å². The SMILES string of the molecule is CCC(c1ccccc1O)N1CCOCC1(C)C. The molecule has 0 aliphatic carbocycles. The summed E-state index contributed by atoms with van der Waals surface area (Å²) in [6.45, 7) is 9.01. The van der Waals surface area contributed by atoms with Crippen LogP contribution >= 0.6 is 0 Å². The van der Waals surface area contributed by atoms with E-state index in [2.05, 4.69) is 25.7 Å². The highest BCUT2D eigenvalue weighted by Gasteiger charge is 2.36. The van der Waals surface area contributed by atoms with Gasteiger partial charge in [0.1, 0.15) is 5.75 Å². The summed E-state index contributed by atoms with van der Waals surface area (Å²) < 4.78 is 5.57. The van der Waals surface area contributed by atoms with Gasteiger partial charge in [0.2, 0.25) is 0 Å². The zero-order chi connectivity index (χ0) is 13.2. The second-order valence-corrected chi connectivity index (χ2v) is 5.54. The summed E-state index contributed by atoms with van der Waals surface area (Å²) in [5.41, 5.74) is 1.04. The van der Waals surface area contributed by atoms with E-state index in [-0.39, 0.29) is 11.6 Å². The van der Waals surface area contributed by atoms with Crippen LogP contribution in [0.15, 0.2) is 24.3 Å². The van der Waals surface area contributed by atoms with Crippen molar-refractivity contribution < 1.29 is 9.84 Å². The normalized spacial score (nSPS) is 21.7. The van der Waals surface area contributed by atoms with Gasteiger partial charge in [-0.1, -0.05) is 25.1 Å². The van der Waals surface area contributed by atoms with Crippen molar-refractivity contribution >= 4 is 0 Å². The molecule has 1 N–H and O–H groups in total. The predicted octanol–water partition coefficient (Wildman–Crippen LogP) is 2.95. The molecule has 0 spiro atoms. The molecular weight excluding hydrogens is 226 g/mol. The standard InChI is InChI=1S/C15H23NO2/c1-4-13(12-7-5-6-8-14(12)17)16-9-10-18-11-15(16,2)3/h5-8,13,17H,4,9-11H2,1-3H3. The number of benzene rings is 1. The van der Waals surface area contributed by atoms with E-state index in [0.717, 1.165) is 31.7 Å². The van der Waals surface area contributed by atoms with Crippen molar-refractivity contribution in [3.63, 3.8) is 0 Å². The zero-order valence-electron chi connectivity index (χ0n) is 11.5. The van der Waals surface area contributed by atoms with Crippen molar-refractivity contribution in [3.8, 4) is 5.75 Å². The molecule has 1 aliphatic rings. The van der Waals surface area contributed by atoms with Crippen molar-refractivity contribution in [2.75, 3.05) is 19.8 Å². The number of nitrogens with zero attached hydrogens (tertiary/aromatic N) is 1. The second-order valence-electron chi connectivity index (χ2n) is 5.54. The van der Waals surface area contributed by atoms with Gasteiger partial charge in [-0.05, 0) is 26.3 Å². The van der Waals surface area contributed by atoms with Crippen LogP contribution in [0.25, 0.3) is 0 Å². The third kappa shape index (κ3) is 2.52. The molecule has 1 aromatic carbocycles. The Balaban J connectivity index is 2.31. The summed E-state index contributed by atoms with van der Waals surface area (Å²) in [5.74, 6) is 0.395. The van der Waals surface area contributed by atoms with E-state index in [9.17, 15) is 5.11 Å². The summed E-state index contributed by atoms with van der Waals surface area (Å²) in [4.78, 5) is 2.45. The van der Waals surface area contributed by atoms with Gasteiger partial charge in [0.05, 0.1) is 13.2 Å². The maximum absolute atomic E-state index is 10.1. The molecule has 0 amide bonds. The van der Waals surface area contributed by atoms with Crippen LogP contribution in [0.2, 0.25) is 0 Å². The Morgan fingerprint density at radius 2 is 2.11 bits per heavy atom. The monoisotopic (exact) mass is 249 g/mol. The van der Waals surface area contributed by atoms with Crippen LogP contribution in [-0.2, 0) is 4.74 Å². The lowest BCUT2D eigenvalue weighted by Crippen LogP contribution is -2.54. The Bertz CT molecular complexity index is 403.